The molecule has 0 aliphatic carbocycles. The Labute approximate surface area is 198 Å². The lowest BCUT2D eigenvalue weighted by Gasteiger charge is -2.24. The van der Waals surface area contributed by atoms with Gasteiger partial charge in [0.15, 0.2) is 11.0 Å². The topological polar surface area (TPSA) is 80.1 Å². The normalized spacial score (nSPS) is 15.6. The number of nitrogens with one attached hydrogen (secondary N) is 1. The Balaban J connectivity index is 1.42. The van der Waals surface area contributed by atoms with Gasteiger partial charge in [-0.15, -0.1) is 10.2 Å². The second-order valence-corrected chi connectivity index (χ2v) is 9.22. The largest absolute Gasteiger partial charge is 0.328 e. The van der Waals surface area contributed by atoms with E-state index in [1.165, 1.54) is 11.8 Å². The van der Waals surface area contributed by atoms with Crippen molar-refractivity contribution in [2.45, 2.75) is 44.3 Å². The van der Waals surface area contributed by atoms with Crippen LogP contribution in [0.25, 0.3) is 0 Å². The first-order valence-electron chi connectivity index (χ1n) is 11.3. The van der Waals surface area contributed by atoms with Crippen molar-refractivity contribution >= 4 is 29.3 Å². The molecule has 0 radical (unpaired) electrons. The van der Waals surface area contributed by atoms with Crippen LogP contribution in [0.2, 0.25) is 0 Å². The quantitative estimate of drug-likeness (QED) is 0.526. The molecule has 8 heteroatoms. The third-order valence-corrected chi connectivity index (χ3v) is 6.97. The van der Waals surface area contributed by atoms with E-state index < -0.39 is 0 Å². The van der Waals surface area contributed by atoms with Gasteiger partial charge in [0.25, 0.3) is 5.91 Å². The molecule has 3 aromatic rings. The molecular weight excluding hydrogens is 434 g/mol. The molecular formula is C25H29N5O2S. The maximum absolute atomic E-state index is 13.2. The minimum Gasteiger partial charge on any atom is -0.328 e. The molecule has 4 rings (SSSR count). The van der Waals surface area contributed by atoms with Gasteiger partial charge in [-0.05, 0) is 49.9 Å². The fraction of sp³-hybridized carbons (Fsp3) is 0.360. The predicted molar refractivity (Wildman–Crippen MR) is 130 cm³/mol. The van der Waals surface area contributed by atoms with Gasteiger partial charge in [-0.1, -0.05) is 54.6 Å². The summed E-state index contributed by atoms with van der Waals surface area (Å²) in [6.45, 7) is 4.75. The van der Waals surface area contributed by atoms with Gasteiger partial charge in [-0.2, -0.15) is 0 Å². The smallest absolute Gasteiger partial charge is 0.254 e. The van der Waals surface area contributed by atoms with Gasteiger partial charge in [0.1, 0.15) is 0 Å². The summed E-state index contributed by atoms with van der Waals surface area (Å²) < 4.78 is 1.91. The SMILES string of the molecule is CCc1ccccc1NC(=O)CSc1nnc(C2CCCN2C(=O)c2cccc(C)c2)n1C. The number of carbonyl (C=O) groups is 2. The van der Waals surface area contributed by atoms with Crippen LogP contribution in [0.4, 0.5) is 5.69 Å². The summed E-state index contributed by atoms with van der Waals surface area (Å²) in [7, 11) is 1.90. The first-order chi connectivity index (χ1) is 16.0. The van der Waals surface area contributed by atoms with Crippen molar-refractivity contribution in [2.24, 2.45) is 7.05 Å². The van der Waals surface area contributed by atoms with Crippen LogP contribution in [0.3, 0.4) is 0 Å². The summed E-state index contributed by atoms with van der Waals surface area (Å²) in [4.78, 5) is 27.6. The first kappa shape index (κ1) is 23.0. The Kier molecular flexibility index (Phi) is 7.13. The molecule has 0 spiro atoms. The molecule has 172 valence electrons. The number of aryl methyl sites for hydroxylation is 2. The fourth-order valence-electron chi connectivity index (χ4n) is 4.23. The molecule has 0 saturated carbocycles. The highest BCUT2D eigenvalue weighted by Gasteiger charge is 2.34. The van der Waals surface area contributed by atoms with Gasteiger partial charge < -0.3 is 14.8 Å². The van der Waals surface area contributed by atoms with E-state index in [-0.39, 0.29) is 23.6 Å². The molecule has 33 heavy (non-hydrogen) atoms. The molecule has 2 aromatic carbocycles. The Hall–Kier alpha value is -3.13. The van der Waals surface area contributed by atoms with E-state index in [1.807, 2.05) is 72.0 Å². The molecule has 1 atom stereocenters. The van der Waals surface area contributed by atoms with E-state index in [0.29, 0.717) is 17.3 Å². The minimum absolute atomic E-state index is 0.0207. The lowest BCUT2D eigenvalue weighted by atomic mass is 10.1. The molecule has 1 aromatic heterocycles. The summed E-state index contributed by atoms with van der Waals surface area (Å²) >= 11 is 1.35. The summed E-state index contributed by atoms with van der Waals surface area (Å²) in [5, 5.41) is 12.4. The fourth-order valence-corrected chi connectivity index (χ4v) is 4.95. The lowest BCUT2D eigenvalue weighted by molar-refractivity contribution is -0.113. The molecule has 1 aliphatic heterocycles. The van der Waals surface area contributed by atoms with Crippen LogP contribution in [-0.2, 0) is 18.3 Å². The predicted octanol–water partition coefficient (Wildman–Crippen LogP) is 4.39. The van der Waals surface area contributed by atoms with Crippen LogP contribution in [0.1, 0.15) is 53.1 Å². The van der Waals surface area contributed by atoms with Crippen LogP contribution in [-0.4, -0.2) is 43.8 Å². The van der Waals surface area contributed by atoms with Gasteiger partial charge in [0.05, 0.1) is 11.8 Å². The van der Waals surface area contributed by atoms with Crippen LogP contribution in [0, 0.1) is 6.92 Å². The Morgan fingerprint density at radius 1 is 1.15 bits per heavy atom. The Morgan fingerprint density at radius 3 is 2.76 bits per heavy atom. The summed E-state index contributed by atoms with van der Waals surface area (Å²) in [6.07, 6.45) is 2.63. The number of likely N-dealkylation sites (tertiary alicyclic amines) is 1. The maximum Gasteiger partial charge on any atom is 0.254 e. The highest BCUT2D eigenvalue weighted by atomic mass is 32.2. The number of rotatable bonds is 7. The van der Waals surface area contributed by atoms with E-state index >= 15 is 0 Å². The Morgan fingerprint density at radius 2 is 1.97 bits per heavy atom. The van der Waals surface area contributed by atoms with E-state index in [4.69, 9.17) is 0 Å². The zero-order valence-corrected chi connectivity index (χ0v) is 20.1. The average Bonchev–Trinajstić information content (AvgIpc) is 3.44. The third kappa shape index (κ3) is 5.11. The van der Waals surface area contributed by atoms with Gasteiger partial charge >= 0.3 is 0 Å². The lowest BCUT2D eigenvalue weighted by Crippen LogP contribution is -2.32. The summed E-state index contributed by atoms with van der Waals surface area (Å²) in [5.41, 5.74) is 3.72. The minimum atomic E-state index is -0.116. The van der Waals surface area contributed by atoms with Gasteiger partial charge in [0, 0.05) is 24.8 Å². The van der Waals surface area contributed by atoms with Gasteiger partial charge in [-0.3, -0.25) is 9.59 Å². The van der Waals surface area contributed by atoms with Gasteiger partial charge in [0.2, 0.25) is 5.91 Å². The highest BCUT2D eigenvalue weighted by molar-refractivity contribution is 7.99. The van der Waals surface area contributed by atoms with E-state index in [1.54, 1.807) is 0 Å². The number of amides is 2. The maximum atomic E-state index is 13.2. The first-order valence-corrected chi connectivity index (χ1v) is 12.2. The molecule has 1 N–H and O–H groups in total. The van der Waals surface area contributed by atoms with Crippen molar-refractivity contribution in [3.8, 4) is 0 Å². The summed E-state index contributed by atoms with van der Waals surface area (Å²) in [6, 6.07) is 15.4. The van der Waals surface area contributed by atoms with Crippen molar-refractivity contribution in [3.05, 3.63) is 71.0 Å². The molecule has 1 saturated heterocycles. The monoisotopic (exact) mass is 463 g/mol. The van der Waals surface area contributed by atoms with Crippen LogP contribution in [0.15, 0.2) is 53.7 Å². The summed E-state index contributed by atoms with van der Waals surface area (Å²) in [5.74, 6) is 0.934. The van der Waals surface area contributed by atoms with Crippen LogP contribution in [0.5, 0.6) is 0 Å². The number of thioether (sulfide) groups is 1. The van der Waals surface area contributed by atoms with Crippen molar-refractivity contribution in [3.63, 3.8) is 0 Å². The van der Waals surface area contributed by atoms with E-state index in [0.717, 1.165) is 41.9 Å². The van der Waals surface area contributed by atoms with Crippen molar-refractivity contribution < 1.29 is 9.59 Å². The molecule has 7 nitrogen and oxygen atoms in total. The number of benzene rings is 2. The number of para-hydroxylation sites is 1. The average molecular weight is 464 g/mol. The van der Waals surface area contributed by atoms with Crippen LogP contribution >= 0.6 is 11.8 Å². The Bertz CT molecular complexity index is 1160. The van der Waals surface area contributed by atoms with Crippen molar-refractivity contribution in [1.29, 1.82) is 0 Å². The number of hydrogen-bond donors (Lipinski definition) is 1. The van der Waals surface area contributed by atoms with E-state index in [2.05, 4.69) is 22.4 Å². The van der Waals surface area contributed by atoms with Crippen molar-refractivity contribution in [1.82, 2.24) is 19.7 Å². The molecule has 1 unspecified atom stereocenters. The molecule has 2 heterocycles. The molecule has 2 amide bonds. The highest BCUT2D eigenvalue weighted by Crippen LogP contribution is 2.33. The number of nitrogens with zero attached hydrogens (tertiary/aromatic N) is 4. The second kappa shape index (κ2) is 10.2. The number of carbonyl (C=O) groups excluding carboxylic acids is 2. The molecule has 1 fully saturated rings. The molecule has 1 aliphatic rings. The van der Waals surface area contributed by atoms with Crippen LogP contribution < -0.4 is 5.32 Å². The number of aromatic nitrogens is 3. The second-order valence-electron chi connectivity index (χ2n) is 8.27. The standard InChI is InChI=1S/C25H29N5O2S/c1-4-18-10-5-6-12-20(18)26-22(31)16-33-25-28-27-23(29(25)3)21-13-8-14-30(21)24(32)19-11-7-9-17(2)15-19/h5-7,9-12,15,21H,4,8,13-14,16H2,1-3H3,(H,26,31). The van der Waals surface area contributed by atoms with Gasteiger partial charge in [-0.25, -0.2) is 0 Å². The van der Waals surface area contributed by atoms with Crippen molar-refractivity contribution in [2.75, 3.05) is 17.6 Å². The number of hydrogen-bond acceptors (Lipinski definition) is 5. The zero-order valence-electron chi connectivity index (χ0n) is 19.2. The number of anilines is 1. The third-order valence-electron chi connectivity index (χ3n) is 5.95. The molecule has 0 bridgehead atoms. The zero-order chi connectivity index (χ0) is 23.4. The van der Waals surface area contributed by atoms with E-state index in [9.17, 15) is 9.59 Å².